The molecule has 214 valence electrons. The number of ketones is 1. The van der Waals surface area contributed by atoms with Gasteiger partial charge >= 0.3 is 0 Å². The number of pyridine rings is 1. The van der Waals surface area contributed by atoms with Crippen LogP contribution in [0.2, 0.25) is 0 Å². The molecule has 1 aromatic heterocycles. The zero-order valence-corrected chi connectivity index (χ0v) is 23.1. The standard InChI is InChI=1S/C31H35N5O5/c1-3-10-25(27(37)31(41)33-20-23-15-17-32-18-16-23)35-28(38)21(2)34-30(40)26(19-22-11-6-4-7-12-22)36-29(39)24-13-8-5-9-14-24/h4-9,11-18,21,25-26H,3,10,19-20H2,1-2H3,(H,33,41)(H,34,40)(H,35,38)(H,36,39)/t21-,25?,26-/m0/s1. The Morgan fingerprint density at radius 1 is 0.732 bits per heavy atom. The number of Topliss-reactive ketones (excluding diaryl/α,β-unsaturated/α-hetero) is 1. The molecule has 3 aromatic rings. The van der Waals surface area contributed by atoms with Crippen LogP contribution in [0.15, 0.2) is 85.2 Å². The molecule has 1 unspecified atom stereocenters. The number of nitrogens with zero attached hydrogens (tertiary/aromatic N) is 1. The van der Waals surface area contributed by atoms with E-state index >= 15 is 0 Å². The summed E-state index contributed by atoms with van der Waals surface area (Å²) in [6, 6.07) is 18.1. The van der Waals surface area contributed by atoms with Gasteiger partial charge in [0.05, 0.1) is 6.04 Å². The van der Waals surface area contributed by atoms with Crippen molar-refractivity contribution >= 4 is 29.4 Å². The summed E-state index contributed by atoms with van der Waals surface area (Å²) in [5.74, 6) is -3.20. The highest BCUT2D eigenvalue weighted by Gasteiger charge is 2.30. The van der Waals surface area contributed by atoms with Gasteiger partial charge in [-0.2, -0.15) is 0 Å². The summed E-state index contributed by atoms with van der Waals surface area (Å²) in [6.45, 7) is 3.45. The Morgan fingerprint density at radius 3 is 2.00 bits per heavy atom. The molecular formula is C31H35N5O5. The van der Waals surface area contributed by atoms with Crippen molar-refractivity contribution in [1.29, 1.82) is 0 Å². The Kier molecular flexibility index (Phi) is 11.7. The smallest absolute Gasteiger partial charge is 0.289 e. The van der Waals surface area contributed by atoms with Crippen molar-refractivity contribution in [3.63, 3.8) is 0 Å². The highest BCUT2D eigenvalue weighted by Crippen LogP contribution is 2.07. The van der Waals surface area contributed by atoms with Crippen LogP contribution >= 0.6 is 0 Å². The second kappa shape index (κ2) is 15.7. The molecular weight excluding hydrogens is 522 g/mol. The maximum Gasteiger partial charge on any atom is 0.289 e. The number of aromatic nitrogens is 1. The average molecular weight is 558 g/mol. The topological polar surface area (TPSA) is 146 Å². The minimum absolute atomic E-state index is 0.143. The van der Waals surface area contributed by atoms with E-state index in [-0.39, 0.29) is 19.4 Å². The third-order valence-electron chi connectivity index (χ3n) is 6.33. The lowest BCUT2D eigenvalue weighted by molar-refractivity contribution is -0.140. The minimum atomic E-state index is -1.05. The number of nitrogens with one attached hydrogen (secondary N) is 4. The van der Waals surface area contributed by atoms with Crippen LogP contribution in [0.3, 0.4) is 0 Å². The summed E-state index contributed by atoms with van der Waals surface area (Å²) in [6.07, 6.45) is 4.15. The van der Waals surface area contributed by atoms with E-state index in [0.717, 1.165) is 11.1 Å². The Morgan fingerprint density at radius 2 is 1.37 bits per heavy atom. The van der Waals surface area contributed by atoms with Crippen LogP contribution in [0.25, 0.3) is 0 Å². The number of carbonyl (C=O) groups excluding carboxylic acids is 5. The van der Waals surface area contributed by atoms with Gasteiger partial charge in [0.1, 0.15) is 12.1 Å². The number of hydrogen-bond acceptors (Lipinski definition) is 6. The molecule has 0 fully saturated rings. The Hall–Kier alpha value is -4.86. The molecule has 4 N–H and O–H groups in total. The van der Waals surface area contributed by atoms with Gasteiger partial charge in [-0.15, -0.1) is 0 Å². The molecule has 2 aromatic carbocycles. The molecule has 0 saturated carbocycles. The van der Waals surface area contributed by atoms with Crippen molar-refractivity contribution in [2.75, 3.05) is 0 Å². The first-order valence-electron chi connectivity index (χ1n) is 13.5. The first-order valence-corrected chi connectivity index (χ1v) is 13.5. The zero-order chi connectivity index (χ0) is 29.6. The maximum absolute atomic E-state index is 13.3. The van der Waals surface area contributed by atoms with Crippen molar-refractivity contribution in [2.24, 2.45) is 0 Å². The Labute approximate surface area is 239 Å². The monoisotopic (exact) mass is 557 g/mol. The summed E-state index contributed by atoms with van der Waals surface area (Å²) >= 11 is 0. The molecule has 1 heterocycles. The van der Waals surface area contributed by atoms with Gasteiger partial charge in [-0.25, -0.2) is 0 Å². The number of rotatable bonds is 14. The summed E-state index contributed by atoms with van der Waals surface area (Å²) < 4.78 is 0. The van der Waals surface area contributed by atoms with E-state index in [2.05, 4.69) is 26.3 Å². The fraction of sp³-hybridized carbons (Fsp3) is 0.290. The highest BCUT2D eigenvalue weighted by atomic mass is 16.2. The third kappa shape index (κ3) is 9.68. The van der Waals surface area contributed by atoms with E-state index in [4.69, 9.17) is 0 Å². The molecule has 10 heteroatoms. The fourth-order valence-corrected chi connectivity index (χ4v) is 4.05. The van der Waals surface area contributed by atoms with Crippen LogP contribution in [0.4, 0.5) is 0 Å². The molecule has 10 nitrogen and oxygen atoms in total. The van der Waals surface area contributed by atoms with Crippen LogP contribution in [0.1, 0.15) is 48.2 Å². The predicted molar refractivity (Wildman–Crippen MR) is 153 cm³/mol. The SMILES string of the molecule is CCCC(NC(=O)[C@H](C)NC(=O)[C@H](Cc1ccccc1)NC(=O)c1ccccc1)C(=O)C(=O)NCc1ccncc1. The van der Waals surface area contributed by atoms with Crippen LogP contribution in [-0.4, -0.2) is 52.5 Å². The summed E-state index contributed by atoms with van der Waals surface area (Å²) in [7, 11) is 0. The maximum atomic E-state index is 13.3. The number of amides is 4. The van der Waals surface area contributed by atoms with Gasteiger partial charge in [0.25, 0.3) is 11.8 Å². The average Bonchev–Trinajstić information content (AvgIpc) is 3.00. The molecule has 3 atom stereocenters. The molecule has 3 rings (SSSR count). The van der Waals surface area contributed by atoms with Crippen LogP contribution in [-0.2, 0) is 32.1 Å². The van der Waals surface area contributed by atoms with Gasteiger partial charge < -0.3 is 21.3 Å². The van der Waals surface area contributed by atoms with Crippen molar-refractivity contribution in [3.05, 3.63) is 102 Å². The zero-order valence-electron chi connectivity index (χ0n) is 23.1. The molecule has 0 aliphatic rings. The molecule has 0 aliphatic heterocycles. The Balaban J connectivity index is 1.63. The first-order chi connectivity index (χ1) is 19.8. The van der Waals surface area contributed by atoms with Crippen molar-refractivity contribution in [1.82, 2.24) is 26.3 Å². The van der Waals surface area contributed by atoms with Gasteiger partial charge in [-0.3, -0.25) is 29.0 Å². The van der Waals surface area contributed by atoms with Gasteiger partial charge in [0.2, 0.25) is 17.6 Å². The molecule has 0 aliphatic carbocycles. The van der Waals surface area contributed by atoms with Crippen LogP contribution < -0.4 is 21.3 Å². The fourth-order valence-electron chi connectivity index (χ4n) is 4.05. The van der Waals surface area contributed by atoms with E-state index in [1.807, 2.05) is 37.3 Å². The Bertz CT molecular complexity index is 1320. The summed E-state index contributed by atoms with van der Waals surface area (Å²) in [5, 5.41) is 10.5. The van der Waals surface area contributed by atoms with Crippen molar-refractivity contribution in [2.45, 2.75) is 57.8 Å². The van der Waals surface area contributed by atoms with Gasteiger partial charge in [-0.1, -0.05) is 61.9 Å². The largest absolute Gasteiger partial charge is 0.345 e. The van der Waals surface area contributed by atoms with E-state index in [0.29, 0.717) is 12.0 Å². The molecule has 0 bridgehead atoms. The van der Waals surface area contributed by atoms with Gasteiger partial charge in [-0.05, 0) is 48.7 Å². The molecule has 0 spiro atoms. The van der Waals surface area contributed by atoms with Crippen LogP contribution in [0.5, 0.6) is 0 Å². The summed E-state index contributed by atoms with van der Waals surface area (Å²) in [4.78, 5) is 68.3. The van der Waals surface area contributed by atoms with Gasteiger partial charge in [0.15, 0.2) is 0 Å². The lowest BCUT2D eigenvalue weighted by Crippen LogP contribution is -2.56. The van der Waals surface area contributed by atoms with E-state index in [1.54, 1.807) is 54.9 Å². The quantitative estimate of drug-likeness (QED) is 0.223. The lowest BCUT2D eigenvalue weighted by Gasteiger charge is -2.23. The van der Waals surface area contributed by atoms with Crippen molar-refractivity contribution < 1.29 is 24.0 Å². The number of carbonyl (C=O) groups is 5. The number of hydrogen-bond donors (Lipinski definition) is 4. The van der Waals surface area contributed by atoms with E-state index < -0.39 is 47.5 Å². The second-order valence-electron chi connectivity index (χ2n) is 9.56. The highest BCUT2D eigenvalue weighted by molar-refractivity contribution is 6.38. The normalized spacial score (nSPS) is 12.7. The lowest BCUT2D eigenvalue weighted by atomic mass is 10.0. The first kappa shape index (κ1) is 30.7. The van der Waals surface area contributed by atoms with E-state index in [1.165, 1.54) is 6.92 Å². The van der Waals surface area contributed by atoms with E-state index in [9.17, 15) is 24.0 Å². The molecule has 0 radical (unpaired) electrons. The minimum Gasteiger partial charge on any atom is -0.345 e. The molecule has 0 saturated heterocycles. The second-order valence-corrected chi connectivity index (χ2v) is 9.56. The number of benzene rings is 2. The summed E-state index contributed by atoms with van der Waals surface area (Å²) in [5.41, 5.74) is 2.00. The van der Waals surface area contributed by atoms with Crippen molar-refractivity contribution in [3.8, 4) is 0 Å². The predicted octanol–water partition coefficient (Wildman–Crippen LogP) is 2.10. The van der Waals surface area contributed by atoms with Gasteiger partial charge in [0, 0.05) is 30.9 Å². The molecule has 4 amide bonds. The van der Waals surface area contributed by atoms with Crippen LogP contribution in [0, 0.1) is 0 Å². The molecule has 41 heavy (non-hydrogen) atoms. The third-order valence-corrected chi connectivity index (χ3v) is 6.33.